The molecule has 0 amide bonds. The van der Waals surface area contributed by atoms with Crippen molar-refractivity contribution >= 4 is 5.69 Å². The van der Waals surface area contributed by atoms with Crippen LogP contribution >= 0.6 is 0 Å². The molecule has 1 heteroatoms. The first kappa shape index (κ1) is 15.2. The predicted octanol–water partition coefficient (Wildman–Crippen LogP) is 4.10. The first-order valence-corrected chi connectivity index (χ1v) is 5.01. The fourth-order valence-corrected chi connectivity index (χ4v) is 0.826. The van der Waals surface area contributed by atoms with E-state index in [1.165, 1.54) is 5.56 Å². The minimum atomic E-state index is 0.876. The van der Waals surface area contributed by atoms with E-state index in [0.717, 1.165) is 11.3 Å². The highest BCUT2D eigenvalue weighted by Crippen LogP contribution is 2.10. The van der Waals surface area contributed by atoms with Crippen LogP contribution < -0.4 is 5.73 Å². The second-order valence-corrected chi connectivity index (χ2v) is 2.77. The van der Waals surface area contributed by atoms with Crippen LogP contribution in [0.5, 0.6) is 0 Å². The van der Waals surface area contributed by atoms with Crippen molar-refractivity contribution in [2.24, 2.45) is 0 Å². The van der Waals surface area contributed by atoms with E-state index in [-0.39, 0.29) is 0 Å². The molecule has 0 aliphatic heterocycles. The van der Waals surface area contributed by atoms with Crippen LogP contribution in [0.2, 0.25) is 0 Å². The Bertz CT molecular complexity index is 251. The molecule has 0 saturated heterocycles. The molecule has 0 aliphatic rings. The highest BCUT2D eigenvalue weighted by atomic mass is 14.5. The lowest BCUT2D eigenvalue weighted by Crippen LogP contribution is -1.88. The van der Waals surface area contributed by atoms with Crippen molar-refractivity contribution in [1.29, 1.82) is 0 Å². The predicted molar refractivity (Wildman–Crippen MR) is 67.5 cm³/mol. The normalized spacial score (nSPS) is 7.50. The zero-order valence-electron chi connectivity index (χ0n) is 10.1. The van der Waals surface area contributed by atoms with Gasteiger partial charge in [-0.3, -0.25) is 0 Å². The number of nitrogens with two attached hydrogens (primary N) is 1. The summed E-state index contributed by atoms with van der Waals surface area (Å²) < 4.78 is 0. The van der Waals surface area contributed by atoms with Gasteiger partial charge < -0.3 is 5.73 Å². The van der Waals surface area contributed by atoms with Crippen molar-refractivity contribution in [2.45, 2.75) is 34.6 Å². The van der Waals surface area contributed by atoms with Gasteiger partial charge in [-0.05, 0) is 32.4 Å². The molecule has 1 aromatic rings. The number of hydrogen-bond donors (Lipinski definition) is 1. The van der Waals surface area contributed by atoms with Crippen molar-refractivity contribution in [2.75, 3.05) is 5.73 Å². The summed E-state index contributed by atoms with van der Waals surface area (Å²) in [5.74, 6) is 0. The van der Waals surface area contributed by atoms with Gasteiger partial charge in [0.1, 0.15) is 0 Å². The average Bonchev–Trinajstić information content (AvgIpc) is 2.17. The maximum Gasteiger partial charge on any atom is 0.0343 e. The quantitative estimate of drug-likeness (QED) is 0.487. The van der Waals surface area contributed by atoms with Crippen LogP contribution in [0.1, 0.15) is 31.9 Å². The lowest BCUT2D eigenvalue weighted by atomic mass is 10.1. The molecule has 0 saturated carbocycles. The van der Waals surface area contributed by atoms with Gasteiger partial charge in [0.05, 0.1) is 0 Å². The highest BCUT2D eigenvalue weighted by molar-refractivity contribution is 5.47. The zero-order valence-corrected chi connectivity index (χ0v) is 10.1. The molecule has 1 rings (SSSR count). The number of aryl methyl sites for hydroxylation is 2. The summed E-state index contributed by atoms with van der Waals surface area (Å²) in [6, 6.07) is 6.03. The van der Waals surface area contributed by atoms with Gasteiger partial charge >= 0.3 is 0 Å². The minimum Gasteiger partial charge on any atom is -0.399 e. The Morgan fingerprint density at radius 1 is 1.21 bits per heavy atom. The molecule has 0 fully saturated rings. The SMILES string of the molecule is C=CC.CC.Cc1ccc(N)c(C)c1. The van der Waals surface area contributed by atoms with E-state index in [1.54, 1.807) is 6.08 Å². The Morgan fingerprint density at radius 2 is 1.64 bits per heavy atom. The van der Waals surface area contributed by atoms with E-state index in [1.807, 2.05) is 39.8 Å². The zero-order chi connectivity index (χ0) is 11.6. The number of nitrogen functional groups attached to an aromatic ring is 1. The molecule has 1 nitrogen and oxygen atoms in total. The first-order valence-electron chi connectivity index (χ1n) is 5.01. The summed E-state index contributed by atoms with van der Waals surface area (Å²) in [5.41, 5.74) is 8.89. The minimum absolute atomic E-state index is 0.876. The third kappa shape index (κ3) is 7.41. The monoisotopic (exact) mass is 193 g/mol. The van der Waals surface area contributed by atoms with Crippen molar-refractivity contribution < 1.29 is 0 Å². The number of allylic oxidation sites excluding steroid dienone is 1. The van der Waals surface area contributed by atoms with Gasteiger partial charge in [-0.15, -0.1) is 6.58 Å². The second kappa shape index (κ2) is 9.85. The summed E-state index contributed by atoms with van der Waals surface area (Å²) in [7, 11) is 0. The third-order valence-corrected chi connectivity index (χ3v) is 1.43. The Hall–Kier alpha value is -1.24. The topological polar surface area (TPSA) is 26.0 Å². The van der Waals surface area contributed by atoms with Crippen molar-refractivity contribution in [3.05, 3.63) is 42.0 Å². The molecule has 0 atom stereocenters. The van der Waals surface area contributed by atoms with E-state index in [0.29, 0.717) is 0 Å². The number of rotatable bonds is 0. The van der Waals surface area contributed by atoms with E-state index in [4.69, 9.17) is 5.73 Å². The van der Waals surface area contributed by atoms with Crippen molar-refractivity contribution in [3.8, 4) is 0 Å². The number of benzene rings is 1. The van der Waals surface area contributed by atoms with Crippen LogP contribution in [0.25, 0.3) is 0 Å². The average molecular weight is 193 g/mol. The van der Waals surface area contributed by atoms with E-state index >= 15 is 0 Å². The molecule has 0 heterocycles. The Labute approximate surface area is 88.6 Å². The van der Waals surface area contributed by atoms with Gasteiger partial charge in [-0.2, -0.15) is 0 Å². The largest absolute Gasteiger partial charge is 0.399 e. The molecular weight excluding hydrogens is 170 g/mol. The van der Waals surface area contributed by atoms with Gasteiger partial charge in [-0.25, -0.2) is 0 Å². The van der Waals surface area contributed by atoms with Crippen LogP contribution in [0, 0.1) is 13.8 Å². The number of anilines is 1. The highest BCUT2D eigenvalue weighted by Gasteiger charge is 1.89. The molecule has 0 spiro atoms. The molecule has 2 N–H and O–H groups in total. The van der Waals surface area contributed by atoms with Gasteiger partial charge in [0.25, 0.3) is 0 Å². The summed E-state index contributed by atoms with van der Waals surface area (Å²) in [6.45, 7) is 13.3. The van der Waals surface area contributed by atoms with Crippen LogP contribution in [0.15, 0.2) is 30.9 Å². The molecule has 1 aromatic carbocycles. The molecule has 0 unspecified atom stereocenters. The third-order valence-electron chi connectivity index (χ3n) is 1.43. The molecule has 80 valence electrons. The van der Waals surface area contributed by atoms with E-state index < -0.39 is 0 Å². The van der Waals surface area contributed by atoms with Crippen LogP contribution in [-0.2, 0) is 0 Å². The summed E-state index contributed by atoms with van der Waals surface area (Å²) in [4.78, 5) is 0. The van der Waals surface area contributed by atoms with Crippen LogP contribution in [0.3, 0.4) is 0 Å². The standard InChI is InChI=1S/C8H11N.C3H6.C2H6/c1-6-3-4-8(9)7(2)5-6;1-3-2;1-2/h3-5H,9H2,1-2H3;3H,1H2,2H3;1-2H3. The van der Waals surface area contributed by atoms with Crippen molar-refractivity contribution in [1.82, 2.24) is 0 Å². The van der Waals surface area contributed by atoms with Crippen molar-refractivity contribution in [3.63, 3.8) is 0 Å². The Balaban J connectivity index is 0. The summed E-state index contributed by atoms with van der Waals surface area (Å²) in [5, 5.41) is 0. The Kier molecular flexibility index (Phi) is 10.7. The molecule has 14 heavy (non-hydrogen) atoms. The van der Waals surface area contributed by atoms with Gasteiger partial charge in [0.15, 0.2) is 0 Å². The molecule has 0 aliphatic carbocycles. The van der Waals surface area contributed by atoms with E-state index in [9.17, 15) is 0 Å². The fraction of sp³-hybridized carbons (Fsp3) is 0.385. The lowest BCUT2D eigenvalue weighted by Gasteiger charge is -1.98. The molecular formula is C13H23N. The molecule has 0 bridgehead atoms. The second-order valence-electron chi connectivity index (χ2n) is 2.77. The number of hydrogen-bond acceptors (Lipinski definition) is 1. The summed E-state index contributed by atoms with van der Waals surface area (Å²) >= 11 is 0. The first-order chi connectivity index (χ1) is 6.61. The maximum absolute atomic E-state index is 5.59. The Morgan fingerprint density at radius 3 is 1.93 bits per heavy atom. The van der Waals surface area contributed by atoms with Gasteiger partial charge in [-0.1, -0.05) is 37.6 Å². The van der Waals surface area contributed by atoms with Gasteiger partial charge in [0, 0.05) is 5.69 Å². The molecule has 0 aromatic heterocycles. The summed E-state index contributed by atoms with van der Waals surface area (Å²) in [6.07, 6.45) is 1.75. The van der Waals surface area contributed by atoms with Crippen LogP contribution in [0.4, 0.5) is 5.69 Å². The fourth-order valence-electron chi connectivity index (χ4n) is 0.826. The van der Waals surface area contributed by atoms with E-state index in [2.05, 4.69) is 19.6 Å². The lowest BCUT2D eigenvalue weighted by molar-refractivity contribution is 1.39. The van der Waals surface area contributed by atoms with Gasteiger partial charge in [0.2, 0.25) is 0 Å². The van der Waals surface area contributed by atoms with Crippen LogP contribution in [-0.4, -0.2) is 0 Å². The maximum atomic E-state index is 5.59. The molecule has 0 radical (unpaired) electrons. The smallest absolute Gasteiger partial charge is 0.0343 e.